The van der Waals surface area contributed by atoms with Crippen LogP contribution in [0.2, 0.25) is 0 Å². The SMILES string of the molecule is Cl.NCCCNS(=O)(=O)c1cc(F)c(F)cc1F. The summed E-state index contributed by atoms with van der Waals surface area (Å²) >= 11 is 0. The van der Waals surface area contributed by atoms with Crippen LogP contribution in [0.3, 0.4) is 0 Å². The van der Waals surface area contributed by atoms with Crippen molar-refractivity contribution in [3.8, 4) is 0 Å². The predicted octanol–water partition coefficient (Wildman–Crippen LogP) is 1.15. The number of nitrogens with two attached hydrogens (primary N) is 1. The number of benzene rings is 1. The summed E-state index contributed by atoms with van der Waals surface area (Å²) in [5.41, 5.74) is 5.15. The van der Waals surface area contributed by atoms with Crippen molar-refractivity contribution in [2.75, 3.05) is 13.1 Å². The van der Waals surface area contributed by atoms with Crippen molar-refractivity contribution in [1.29, 1.82) is 0 Å². The fourth-order valence-electron chi connectivity index (χ4n) is 1.10. The Morgan fingerprint density at radius 3 is 2.22 bits per heavy atom. The quantitative estimate of drug-likeness (QED) is 0.633. The van der Waals surface area contributed by atoms with E-state index in [1.54, 1.807) is 0 Å². The Morgan fingerprint density at radius 1 is 1.11 bits per heavy atom. The molecule has 0 aliphatic rings. The van der Waals surface area contributed by atoms with E-state index in [-0.39, 0.29) is 31.6 Å². The van der Waals surface area contributed by atoms with E-state index >= 15 is 0 Å². The zero-order valence-electron chi connectivity index (χ0n) is 9.12. The molecule has 0 aliphatic heterocycles. The van der Waals surface area contributed by atoms with E-state index in [1.165, 1.54) is 0 Å². The highest BCUT2D eigenvalue weighted by Gasteiger charge is 2.21. The standard InChI is InChI=1S/C9H11F3N2O2S.ClH/c10-6-4-8(12)9(5-7(6)11)17(15,16)14-3-1-2-13;/h4-5,14H,1-3,13H2;1H. The molecule has 1 aromatic rings. The van der Waals surface area contributed by atoms with Gasteiger partial charge in [-0.3, -0.25) is 0 Å². The number of rotatable bonds is 5. The number of hydrogen-bond donors (Lipinski definition) is 2. The van der Waals surface area contributed by atoms with E-state index in [1.807, 2.05) is 4.72 Å². The molecule has 0 spiro atoms. The first-order chi connectivity index (χ1) is 7.88. The highest BCUT2D eigenvalue weighted by Crippen LogP contribution is 2.18. The first-order valence-electron chi connectivity index (χ1n) is 4.73. The Balaban J connectivity index is 0.00000289. The van der Waals surface area contributed by atoms with Gasteiger partial charge in [-0.15, -0.1) is 12.4 Å². The van der Waals surface area contributed by atoms with Gasteiger partial charge >= 0.3 is 0 Å². The van der Waals surface area contributed by atoms with Crippen LogP contribution in [0.25, 0.3) is 0 Å². The van der Waals surface area contributed by atoms with Gasteiger partial charge in [0.15, 0.2) is 11.6 Å². The van der Waals surface area contributed by atoms with Crippen molar-refractivity contribution in [3.63, 3.8) is 0 Å². The lowest BCUT2D eigenvalue weighted by atomic mass is 10.3. The van der Waals surface area contributed by atoms with E-state index in [4.69, 9.17) is 5.73 Å². The molecule has 18 heavy (non-hydrogen) atoms. The van der Waals surface area contributed by atoms with Gasteiger partial charge < -0.3 is 5.73 Å². The van der Waals surface area contributed by atoms with E-state index in [9.17, 15) is 21.6 Å². The van der Waals surface area contributed by atoms with Crippen molar-refractivity contribution < 1.29 is 21.6 Å². The molecule has 0 aliphatic carbocycles. The zero-order valence-corrected chi connectivity index (χ0v) is 10.8. The fraction of sp³-hybridized carbons (Fsp3) is 0.333. The first kappa shape index (κ1) is 17.2. The number of hydrogen-bond acceptors (Lipinski definition) is 3. The van der Waals surface area contributed by atoms with Crippen molar-refractivity contribution >= 4 is 22.4 Å². The Kier molecular flexibility index (Phi) is 6.61. The molecule has 0 bridgehead atoms. The van der Waals surface area contributed by atoms with Gasteiger partial charge in [0.05, 0.1) is 0 Å². The summed E-state index contributed by atoms with van der Waals surface area (Å²) in [6.07, 6.45) is 0.352. The van der Waals surface area contributed by atoms with Gasteiger partial charge in [0.1, 0.15) is 10.7 Å². The molecule has 0 heterocycles. The number of sulfonamides is 1. The van der Waals surface area contributed by atoms with Crippen LogP contribution in [0, 0.1) is 17.5 Å². The van der Waals surface area contributed by atoms with Crippen LogP contribution in [0.4, 0.5) is 13.2 Å². The fourth-order valence-corrected chi connectivity index (χ4v) is 2.24. The molecule has 9 heteroatoms. The molecule has 0 aromatic heterocycles. The van der Waals surface area contributed by atoms with Gasteiger partial charge in [-0.1, -0.05) is 0 Å². The molecule has 0 fully saturated rings. The van der Waals surface area contributed by atoms with Crippen molar-refractivity contribution in [1.82, 2.24) is 4.72 Å². The molecule has 104 valence electrons. The van der Waals surface area contributed by atoms with E-state index < -0.39 is 32.4 Å². The molecular weight excluding hydrogens is 293 g/mol. The average Bonchev–Trinajstić information content (AvgIpc) is 2.23. The van der Waals surface area contributed by atoms with Crippen LogP contribution >= 0.6 is 12.4 Å². The summed E-state index contributed by atoms with van der Waals surface area (Å²) in [5.74, 6) is -4.21. The summed E-state index contributed by atoms with van der Waals surface area (Å²) in [6.45, 7) is 0.250. The van der Waals surface area contributed by atoms with Gasteiger partial charge in [0.25, 0.3) is 0 Å². The largest absolute Gasteiger partial charge is 0.330 e. The third-order valence-electron chi connectivity index (χ3n) is 1.94. The Hall–Kier alpha value is -0.830. The molecule has 0 atom stereocenters. The summed E-state index contributed by atoms with van der Waals surface area (Å²) in [7, 11) is -4.19. The van der Waals surface area contributed by atoms with E-state index in [0.717, 1.165) is 0 Å². The molecule has 0 radical (unpaired) electrons. The molecule has 0 unspecified atom stereocenters. The second kappa shape index (κ2) is 6.93. The molecule has 1 aromatic carbocycles. The van der Waals surface area contributed by atoms with Crippen LogP contribution in [0.5, 0.6) is 0 Å². The van der Waals surface area contributed by atoms with Gasteiger partial charge in [-0.2, -0.15) is 0 Å². The summed E-state index contributed by atoms with van der Waals surface area (Å²) < 4.78 is 63.7. The van der Waals surface area contributed by atoms with Crippen LogP contribution in [-0.4, -0.2) is 21.5 Å². The molecule has 1 rings (SSSR count). The van der Waals surface area contributed by atoms with Crippen LogP contribution < -0.4 is 10.5 Å². The number of halogens is 4. The highest BCUT2D eigenvalue weighted by molar-refractivity contribution is 7.89. The van der Waals surface area contributed by atoms with Crippen molar-refractivity contribution in [2.24, 2.45) is 5.73 Å². The number of nitrogens with one attached hydrogen (secondary N) is 1. The lowest BCUT2D eigenvalue weighted by Crippen LogP contribution is -2.27. The smallest absolute Gasteiger partial charge is 0.243 e. The first-order valence-corrected chi connectivity index (χ1v) is 6.21. The lowest BCUT2D eigenvalue weighted by molar-refractivity contribution is 0.481. The minimum atomic E-state index is -4.19. The van der Waals surface area contributed by atoms with Crippen LogP contribution in [0.15, 0.2) is 17.0 Å². The highest BCUT2D eigenvalue weighted by atomic mass is 35.5. The van der Waals surface area contributed by atoms with Crippen molar-refractivity contribution in [2.45, 2.75) is 11.3 Å². The third kappa shape index (κ3) is 4.13. The molecule has 0 saturated carbocycles. The summed E-state index contributed by atoms with van der Waals surface area (Å²) in [6, 6.07) is 0.488. The maximum absolute atomic E-state index is 13.2. The monoisotopic (exact) mass is 304 g/mol. The molecule has 0 amide bonds. The maximum atomic E-state index is 13.2. The Bertz CT molecular complexity index is 511. The van der Waals surface area contributed by atoms with Gasteiger partial charge in [0.2, 0.25) is 10.0 Å². The van der Waals surface area contributed by atoms with E-state index in [0.29, 0.717) is 12.5 Å². The summed E-state index contributed by atoms with van der Waals surface area (Å²) in [5, 5.41) is 0. The molecule has 4 nitrogen and oxygen atoms in total. The molecule has 0 saturated heterocycles. The predicted molar refractivity (Wildman–Crippen MR) is 62.4 cm³/mol. The van der Waals surface area contributed by atoms with E-state index in [2.05, 4.69) is 0 Å². The Labute approximate surface area is 109 Å². The summed E-state index contributed by atoms with van der Waals surface area (Å²) in [4.78, 5) is -0.923. The van der Waals surface area contributed by atoms with Crippen LogP contribution in [-0.2, 0) is 10.0 Å². The van der Waals surface area contributed by atoms with Crippen LogP contribution in [0.1, 0.15) is 6.42 Å². The Morgan fingerprint density at radius 2 is 1.67 bits per heavy atom. The lowest BCUT2D eigenvalue weighted by Gasteiger charge is -2.07. The van der Waals surface area contributed by atoms with Gasteiger partial charge in [-0.25, -0.2) is 26.3 Å². The molecule has 3 N–H and O–H groups in total. The minimum absolute atomic E-state index is 0. The topological polar surface area (TPSA) is 72.2 Å². The normalized spacial score (nSPS) is 11.1. The van der Waals surface area contributed by atoms with Crippen molar-refractivity contribution in [3.05, 3.63) is 29.6 Å². The molecular formula is C9H12ClF3N2O2S. The maximum Gasteiger partial charge on any atom is 0.243 e. The zero-order chi connectivity index (χ0) is 13.1. The average molecular weight is 305 g/mol. The third-order valence-corrected chi connectivity index (χ3v) is 3.41. The van der Waals surface area contributed by atoms with Gasteiger partial charge in [0, 0.05) is 12.6 Å². The second-order valence-electron chi connectivity index (χ2n) is 3.24. The van der Waals surface area contributed by atoms with Gasteiger partial charge in [-0.05, 0) is 19.0 Å². The minimum Gasteiger partial charge on any atom is -0.330 e. The second-order valence-corrected chi connectivity index (χ2v) is 4.97.